The van der Waals surface area contributed by atoms with E-state index in [1.807, 2.05) is 11.4 Å². The summed E-state index contributed by atoms with van der Waals surface area (Å²) in [6.07, 6.45) is 0. The van der Waals surface area contributed by atoms with Crippen LogP contribution in [0.15, 0.2) is 41.8 Å². The van der Waals surface area contributed by atoms with E-state index in [1.165, 1.54) is 17.4 Å². The van der Waals surface area contributed by atoms with Crippen molar-refractivity contribution in [2.24, 2.45) is 0 Å². The van der Waals surface area contributed by atoms with E-state index in [1.54, 1.807) is 24.3 Å². The van der Waals surface area contributed by atoms with Crippen molar-refractivity contribution < 1.29 is 4.79 Å². The van der Waals surface area contributed by atoms with Crippen LogP contribution in [0.2, 0.25) is 20.1 Å². The molecule has 0 aliphatic rings. The van der Waals surface area contributed by atoms with Gasteiger partial charge in [0, 0.05) is 16.0 Å². The van der Waals surface area contributed by atoms with Gasteiger partial charge in [0.05, 0.1) is 26.3 Å². The molecule has 1 N–H and O–H groups in total. The number of aromatic nitrogens is 1. The van der Waals surface area contributed by atoms with E-state index >= 15 is 0 Å². The summed E-state index contributed by atoms with van der Waals surface area (Å²) in [5.74, 6) is -0.377. The number of benzene rings is 2. The minimum absolute atomic E-state index is 0.287. The molecule has 0 saturated carbocycles. The number of amides is 1. The molecule has 3 rings (SSSR count). The third-order valence-electron chi connectivity index (χ3n) is 3.11. The number of halogens is 4. The number of carbonyl (C=O) groups excluding carboxylic acids is 1. The molecule has 0 spiro atoms. The summed E-state index contributed by atoms with van der Waals surface area (Å²) in [7, 11) is 0. The van der Waals surface area contributed by atoms with Gasteiger partial charge in [0.2, 0.25) is 0 Å². The minimum Gasteiger partial charge on any atom is -0.298 e. The second-order valence-corrected chi connectivity index (χ2v) is 7.26. The molecule has 1 amide bonds. The fraction of sp³-hybridized carbons (Fsp3) is 0. The van der Waals surface area contributed by atoms with E-state index in [9.17, 15) is 4.79 Å². The molecule has 0 aliphatic carbocycles. The molecule has 1 aromatic heterocycles. The normalized spacial score (nSPS) is 10.7. The Hall–Kier alpha value is -1.30. The predicted molar refractivity (Wildman–Crippen MR) is 102 cm³/mol. The third-order valence-corrected chi connectivity index (χ3v) is 5.17. The SMILES string of the molecule is O=C(Nc1nc(-c2ccc(Cl)c(Cl)c2)cs1)c1cc(Cl)ccc1Cl. The number of hydrogen-bond acceptors (Lipinski definition) is 3. The van der Waals surface area contributed by atoms with E-state index in [0.29, 0.717) is 30.9 Å². The molecule has 24 heavy (non-hydrogen) atoms. The van der Waals surface area contributed by atoms with Crippen LogP contribution in [0.1, 0.15) is 10.4 Å². The lowest BCUT2D eigenvalue weighted by atomic mass is 10.2. The number of nitrogens with one attached hydrogen (secondary N) is 1. The molecule has 0 fully saturated rings. The first-order valence-corrected chi connectivity index (χ1v) is 9.00. The Bertz CT molecular complexity index is 926. The van der Waals surface area contributed by atoms with Gasteiger partial charge in [0.25, 0.3) is 5.91 Å². The Labute approximate surface area is 162 Å². The molecule has 0 aliphatic heterocycles. The average Bonchev–Trinajstić information content (AvgIpc) is 3.00. The summed E-state index contributed by atoms with van der Waals surface area (Å²) in [6, 6.07) is 9.92. The summed E-state index contributed by atoms with van der Waals surface area (Å²) < 4.78 is 0. The zero-order chi connectivity index (χ0) is 17.3. The number of nitrogens with zero attached hydrogens (tertiary/aromatic N) is 1. The van der Waals surface area contributed by atoms with Gasteiger partial charge in [-0.2, -0.15) is 0 Å². The Kier molecular flexibility index (Phi) is 5.33. The van der Waals surface area contributed by atoms with Crippen LogP contribution in [0.25, 0.3) is 11.3 Å². The predicted octanol–water partition coefficient (Wildman–Crippen LogP) is 6.68. The highest BCUT2D eigenvalue weighted by Crippen LogP contribution is 2.31. The maximum absolute atomic E-state index is 12.3. The van der Waals surface area contributed by atoms with Crippen molar-refractivity contribution in [3.05, 3.63) is 67.4 Å². The van der Waals surface area contributed by atoms with Gasteiger partial charge in [-0.05, 0) is 30.3 Å². The van der Waals surface area contributed by atoms with Gasteiger partial charge in [-0.25, -0.2) is 4.98 Å². The monoisotopic (exact) mass is 416 g/mol. The average molecular weight is 418 g/mol. The molecule has 0 atom stereocenters. The van der Waals surface area contributed by atoms with Crippen LogP contribution in [0.4, 0.5) is 5.13 Å². The molecular formula is C16H8Cl4N2OS. The van der Waals surface area contributed by atoms with Gasteiger partial charge < -0.3 is 0 Å². The van der Waals surface area contributed by atoms with Crippen molar-refractivity contribution in [3.63, 3.8) is 0 Å². The van der Waals surface area contributed by atoms with E-state index < -0.39 is 0 Å². The van der Waals surface area contributed by atoms with Crippen molar-refractivity contribution in [1.82, 2.24) is 4.98 Å². The summed E-state index contributed by atoms with van der Waals surface area (Å²) in [6.45, 7) is 0. The van der Waals surface area contributed by atoms with Gasteiger partial charge in [-0.3, -0.25) is 10.1 Å². The van der Waals surface area contributed by atoms with Gasteiger partial charge in [0.1, 0.15) is 0 Å². The molecule has 2 aromatic carbocycles. The number of hydrogen-bond donors (Lipinski definition) is 1. The van der Waals surface area contributed by atoms with Crippen molar-refractivity contribution in [2.45, 2.75) is 0 Å². The molecule has 0 saturated heterocycles. The van der Waals surface area contributed by atoms with Crippen LogP contribution in [-0.2, 0) is 0 Å². The first kappa shape index (κ1) is 17.5. The number of carbonyl (C=O) groups is 1. The van der Waals surface area contributed by atoms with Crippen LogP contribution >= 0.6 is 57.7 Å². The highest BCUT2D eigenvalue weighted by molar-refractivity contribution is 7.14. The summed E-state index contributed by atoms with van der Waals surface area (Å²) in [4.78, 5) is 16.7. The van der Waals surface area contributed by atoms with Crippen molar-refractivity contribution in [2.75, 3.05) is 5.32 Å². The zero-order valence-electron chi connectivity index (χ0n) is 11.8. The van der Waals surface area contributed by atoms with E-state index in [-0.39, 0.29) is 11.5 Å². The zero-order valence-corrected chi connectivity index (χ0v) is 15.7. The van der Waals surface area contributed by atoms with Crippen molar-refractivity contribution in [3.8, 4) is 11.3 Å². The highest BCUT2D eigenvalue weighted by atomic mass is 35.5. The maximum Gasteiger partial charge on any atom is 0.259 e. The van der Waals surface area contributed by atoms with Crippen LogP contribution in [0, 0.1) is 0 Å². The molecule has 1 heterocycles. The maximum atomic E-state index is 12.3. The molecule has 3 nitrogen and oxygen atoms in total. The van der Waals surface area contributed by atoms with Crippen LogP contribution in [0.5, 0.6) is 0 Å². The van der Waals surface area contributed by atoms with Gasteiger partial charge >= 0.3 is 0 Å². The number of thiazole rings is 1. The lowest BCUT2D eigenvalue weighted by Crippen LogP contribution is -2.12. The Morgan fingerprint density at radius 3 is 2.46 bits per heavy atom. The fourth-order valence-electron chi connectivity index (χ4n) is 1.96. The quantitative estimate of drug-likeness (QED) is 0.516. The van der Waals surface area contributed by atoms with Crippen molar-refractivity contribution >= 4 is 68.8 Å². The summed E-state index contributed by atoms with van der Waals surface area (Å²) in [5.41, 5.74) is 1.78. The Morgan fingerprint density at radius 2 is 1.71 bits per heavy atom. The van der Waals surface area contributed by atoms with E-state index in [2.05, 4.69) is 10.3 Å². The summed E-state index contributed by atoms with van der Waals surface area (Å²) in [5, 5.41) is 6.63. The molecule has 8 heteroatoms. The second-order valence-electron chi connectivity index (χ2n) is 4.75. The first-order valence-electron chi connectivity index (χ1n) is 6.61. The smallest absolute Gasteiger partial charge is 0.259 e. The minimum atomic E-state index is -0.377. The molecule has 0 radical (unpaired) electrons. The fourth-order valence-corrected chi connectivity index (χ4v) is 3.34. The highest BCUT2D eigenvalue weighted by Gasteiger charge is 2.14. The topological polar surface area (TPSA) is 42.0 Å². The van der Waals surface area contributed by atoms with Crippen molar-refractivity contribution in [1.29, 1.82) is 0 Å². The van der Waals surface area contributed by atoms with E-state index in [0.717, 1.165) is 5.56 Å². The molecule has 122 valence electrons. The number of anilines is 1. The van der Waals surface area contributed by atoms with Crippen LogP contribution < -0.4 is 5.32 Å². The van der Waals surface area contributed by atoms with Crippen LogP contribution in [-0.4, -0.2) is 10.9 Å². The Balaban J connectivity index is 1.82. The molecule has 3 aromatic rings. The molecular weight excluding hydrogens is 410 g/mol. The van der Waals surface area contributed by atoms with Gasteiger partial charge in [-0.1, -0.05) is 52.5 Å². The Morgan fingerprint density at radius 1 is 0.958 bits per heavy atom. The third kappa shape index (κ3) is 3.85. The standard InChI is InChI=1S/C16H8Cl4N2OS/c17-9-2-4-11(18)10(6-9)15(23)22-16-21-14(7-24-16)8-1-3-12(19)13(20)5-8/h1-7H,(H,21,22,23). The van der Waals surface area contributed by atoms with Gasteiger partial charge in [-0.15, -0.1) is 11.3 Å². The largest absolute Gasteiger partial charge is 0.298 e. The number of rotatable bonds is 3. The summed E-state index contributed by atoms with van der Waals surface area (Å²) >= 11 is 25.1. The van der Waals surface area contributed by atoms with Gasteiger partial charge in [0.15, 0.2) is 5.13 Å². The van der Waals surface area contributed by atoms with Crippen LogP contribution in [0.3, 0.4) is 0 Å². The lowest BCUT2D eigenvalue weighted by Gasteiger charge is -2.04. The lowest BCUT2D eigenvalue weighted by molar-refractivity contribution is 0.102. The first-order chi connectivity index (χ1) is 11.4. The second kappa shape index (κ2) is 7.30. The van der Waals surface area contributed by atoms with E-state index in [4.69, 9.17) is 46.4 Å². The molecule has 0 bridgehead atoms. The molecule has 0 unspecified atom stereocenters.